The summed E-state index contributed by atoms with van der Waals surface area (Å²) < 4.78 is 5.81. The monoisotopic (exact) mass is 236 g/mol. The standard InChI is InChI=1S/C12H13ClN2O/c1-15-4-2-3-10(15)12-6-9-11(16-12)5-8(13)7-14-9/h5-7,10H,2-4H2,1H3/t10-/m0/s1. The Kier molecular flexibility index (Phi) is 2.37. The van der Waals surface area contributed by atoms with Crippen LogP contribution in [0.15, 0.2) is 22.7 Å². The van der Waals surface area contributed by atoms with Crippen LogP contribution in [0.2, 0.25) is 5.02 Å². The molecule has 0 bridgehead atoms. The van der Waals surface area contributed by atoms with Gasteiger partial charge in [-0.2, -0.15) is 0 Å². The van der Waals surface area contributed by atoms with Crippen molar-refractivity contribution in [2.75, 3.05) is 13.6 Å². The molecule has 84 valence electrons. The van der Waals surface area contributed by atoms with E-state index in [-0.39, 0.29) is 0 Å². The van der Waals surface area contributed by atoms with Crippen molar-refractivity contribution in [3.63, 3.8) is 0 Å². The van der Waals surface area contributed by atoms with E-state index in [4.69, 9.17) is 16.0 Å². The fourth-order valence-corrected chi connectivity index (χ4v) is 2.49. The topological polar surface area (TPSA) is 29.3 Å². The van der Waals surface area contributed by atoms with Gasteiger partial charge in [0.1, 0.15) is 11.3 Å². The van der Waals surface area contributed by atoms with Crippen LogP contribution in [0.5, 0.6) is 0 Å². The molecule has 3 nitrogen and oxygen atoms in total. The Balaban J connectivity index is 2.04. The van der Waals surface area contributed by atoms with Gasteiger partial charge in [-0.05, 0) is 26.4 Å². The highest BCUT2D eigenvalue weighted by Gasteiger charge is 2.25. The quantitative estimate of drug-likeness (QED) is 0.761. The van der Waals surface area contributed by atoms with Gasteiger partial charge in [0.2, 0.25) is 0 Å². The van der Waals surface area contributed by atoms with Crippen LogP contribution >= 0.6 is 11.6 Å². The molecule has 0 radical (unpaired) electrons. The Morgan fingerprint density at radius 2 is 2.38 bits per heavy atom. The minimum atomic E-state index is 0.396. The number of pyridine rings is 1. The van der Waals surface area contributed by atoms with Gasteiger partial charge in [0.05, 0.1) is 11.1 Å². The molecule has 0 unspecified atom stereocenters. The maximum atomic E-state index is 5.88. The minimum Gasteiger partial charge on any atom is -0.458 e. The molecule has 0 aliphatic carbocycles. The lowest BCUT2D eigenvalue weighted by molar-refractivity contribution is 0.281. The number of nitrogens with zero attached hydrogens (tertiary/aromatic N) is 2. The predicted octanol–water partition coefficient (Wildman–Crippen LogP) is 3.25. The van der Waals surface area contributed by atoms with Gasteiger partial charge in [-0.3, -0.25) is 9.88 Å². The second-order valence-corrected chi connectivity index (χ2v) is 4.76. The first kappa shape index (κ1) is 10.1. The Hall–Kier alpha value is -1.06. The highest BCUT2D eigenvalue weighted by Crippen LogP contribution is 2.33. The van der Waals surface area contributed by atoms with E-state index in [9.17, 15) is 0 Å². The Labute approximate surface area is 99.0 Å². The summed E-state index contributed by atoms with van der Waals surface area (Å²) in [6.45, 7) is 1.13. The summed E-state index contributed by atoms with van der Waals surface area (Å²) in [5.41, 5.74) is 1.67. The second-order valence-electron chi connectivity index (χ2n) is 4.32. The summed E-state index contributed by atoms with van der Waals surface area (Å²) in [7, 11) is 2.13. The number of aromatic nitrogens is 1. The van der Waals surface area contributed by atoms with Crippen LogP contribution < -0.4 is 0 Å². The number of hydrogen-bond donors (Lipinski definition) is 0. The average molecular weight is 237 g/mol. The van der Waals surface area contributed by atoms with Gasteiger partial charge in [0.25, 0.3) is 0 Å². The molecule has 0 spiro atoms. The van der Waals surface area contributed by atoms with Crippen molar-refractivity contribution in [3.8, 4) is 0 Å². The zero-order chi connectivity index (χ0) is 11.1. The van der Waals surface area contributed by atoms with Gasteiger partial charge in [-0.15, -0.1) is 0 Å². The van der Waals surface area contributed by atoms with Gasteiger partial charge >= 0.3 is 0 Å². The Bertz CT molecular complexity index is 523. The maximum Gasteiger partial charge on any atom is 0.154 e. The maximum absolute atomic E-state index is 5.88. The third-order valence-corrected chi connectivity index (χ3v) is 3.41. The molecular weight excluding hydrogens is 224 g/mol. The highest BCUT2D eigenvalue weighted by molar-refractivity contribution is 6.30. The van der Waals surface area contributed by atoms with Crippen LogP contribution in [0.25, 0.3) is 11.1 Å². The molecule has 1 atom stereocenters. The minimum absolute atomic E-state index is 0.396. The molecule has 0 aromatic carbocycles. The smallest absolute Gasteiger partial charge is 0.154 e. The van der Waals surface area contributed by atoms with Crippen molar-refractivity contribution < 1.29 is 4.42 Å². The molecule has 0 amide bonds. The molecule has 1 fully saturated rings. The third kappa shape index (κ3) is 1.60. The second kappa shape index (κ2) is 3.75. The number of hydrogen-bond acceptors (Lipinski definition) is 3. The summed E-state index contributed by atoms with van der Waals surface area (Å²) in [4.78, 5) is 6.57. The molecular formula is C12H13ClN2O. The molecule has 1 saturated heterocycles. The van der Waals surface area contributed by atoms with Crippen LogP contribution in [0.4, 0.5) is 0 Å². The van der Waals surface area contributed by atoms with Gasteiger partial charge in [-0.1, -0.05) is 11.6 Å². The lowest BCUT2D eigenvalue weighted by Crippen LogP contribution is -2.16. The van der Waals surface area contributed by atoms with Crippen molar-refractivity contribution >= 4 is 22.7 Å². The summed E-state index contributed by atoms with van der Waals surface area (Å²) in [5.74, 6) is 1.00. The SMILES string of the molecule is CN1CCC[C@H]1c1cc2ncc(Cl)cc2o1. The highest BCUT2D eigenvalue weighted by atomic mass is 35.5. The van der Waals surface area contributed by atoms with E-state index in [2.05, 4.69) is 16.9 Å². The van der Waals surface area contributed by atoms with Gasteiger partial charge < -0.3 is 4.42 Å². The molecule has 2 aromatic heterocycles. The van der Waals surface area contributed by atoms with Crippen molar-refractivity contribution in [2.45, 2.75) is 18.9 Å². The number of likely N-dealkylation sites (tertiary alicyclic amines) is 1. The molecule has 2 aromatic rings. The molecule has 1 aliphatic heterocycles. The van der Waals surface area contributed by atoms with Crippen molar-refractivity contribution in [3.05, 3.63) is 29.1 Å². The lowest BCUT2D eigenvalue weighted by atomic mass is 10.2. The third-order valence-electron chi connectivity index (χ3n) is 3.20. The van der Waals surface area contributed by atoms with Crippen LogP contribution in [-0.4, -0.2) is 23.5 Å². The summed E-state index contributed by atoms with van der Waals surface area (Å²) >= 11 is 5.88. The molecule has 0 saturated carbocycles. The molecule has 1 aliphatic rings. The first-order valence-corrected chi connectivity index (χ1v) is 5.87. The van der Waals surface area contributed by atoms with E-state index >= 15 is 0 Å². The lowest BCUT2D eigenvalue weighted by Gasteiger charge is -2.16. The van der Waals surface area contributed by atoms with Crippen LogP contribution in [0, 0.1) is 0 Å². The average Bonchev–Trinajstić information content (AvgIpc) is 2.82. The van der Waals surface area contributed by atoms with E-state index in [1.165, 1.54) is 6.42 Å². The van der Waals surface area contributed by atoms with Crippen LogP contribution in [0.3, 0.4) is 0 Å². The fraction of sp³-hybridized carbons (Fsp3) is 0.417. The predicted molar refractivity (Wildman–Crippen MR) is 63.6 cm³/mol. The van der Waals surface area contributed by atoms with E-state index in [1.54, 1.807) is 6.20 Å². The molecule has 4 heteroatoms. The van der Waals surface area contributed by atoms with E-state index in [0.717, 1.165) is 29.8 Å². The number of halogens is 1. The first-order valence-electron chi connectivity index (χ1n) is 5.49. The van der Waals surface area contributed by atoms with Gasteiger partial charge in [-0.25, -0.2) is 0 Å². The molecule has 0 N–H and O–H groups in total. The van der Waals surface area contributed by atoms with E-state index in [1.807, 2.05) is 12.1 Å². The summed E-state index contributed by atoms with van der Waals surface area (Å²) in [6.07, 6.45) is 4.04. The summed E-state index contributed by atoms with van der Waals surface area (Å²) in [6, 6.07) is 4.24. The zero-order valence-electron chi connectivity index (χ0n) is 9.11. The van der Waals surface area contributed by atoms with Crippen molar-refractivity contribution in [1.82, 2.24) is 9.88 Å². The number of fused-ring (bicyclic) bond motifs is 1. The Morgan fingerprint density at radius 1 is 1.50 bits per heavy atom. The van der Waals surface area contributed by atoms with Crippen LogP contribution in [-0.2, 0) is 0 Å². The largest absolute Gasteiger partial charge is 0.458 e. The molecule has 3 rings (SSSR count). The van der Waals surface area contributed by atoms with Crippen molar-refractivity contribution in [2.24, 2.45) is 0 Å². The molecule has 16 heavy (non-hydrogen) atoms. The van der Waals surface area contributed by atoms with Gasteiger partial charge in [0.15, 0.2) is 5.58 Å². The van der Waals surface area contributed by atoms with E-state index in [0.29, 0.717) is 11.1 Å². The van der Waals surface area contributed by atoms with E-state index < -0.39 is 0 Å². The van der Waals surface area contributed by atoms with Crippen molar-refractivity contribution in [1.29, 1.82) is 0 Å². The normalized spacial score (nSPS) is 22.0. The van der Waals surface area contributed by atoms with Gasteiger partial charge in [0, 0.05) is 18.3 Å². The molecule has 3 heterocycles. The number of furan rings is 1. The van der Waals surface area contributed by atoms with Crippen LogP contribution in [0.1, 0.15) is 24.6 Å². The fourth-order valence-electron chi connectivity index (χ4n) is 2.35. The zero-order valence-corrected chi connectivity index (χ0v) is 9.87. The summed E-state index contributed by atoms with van der Waals surface area (Å²) in [5, 5.41) is 0.619. The first-order chi connectivity index (χ1) is 7.74. The number of rotatable bonds is 1. The Morgan fingerprint density at radius 3 is 3.12 bits per heavy atom.